The second-order valence-electron chi connectivity index (χ2n) is 8.86. The lowest BCUT2D eigenvalue weighted by molar-refractivity contribution is -0.118. The number of fused-ring (bicyclic) bond motifs is 2. The number of aromatic nitrogens is 3. The van der Waals surface area contributed by atoms with Crippen LogP contribution < -0.4 is 10.1 Å². The van der Waals surface area contributed by atoms with Crippen molar-refractivity contribution < 1.29 is 9.53 Å². The molecule has 0 fully saturated rings. The number of amides is 1. The van der Waals surface area contributed by atoms with Crippen molar-refractivity contribution in [2.45, 2.75) is 33.1 Å². The number of aryl methyl sites for hydroxylation is 1. The summed E-state index contributed by atoms with van der Waals surface area (Å²) in [6.45, 7) is 6.25. The van der Waals surface area contributed by atoms with E-state index in [1.807, 2.05) is 55.5 Å². The molecule has 35 heavy (non-hydrogen) atoms. The van der Waals surface area contributed by atoms with E-state index >= 15 is 0 Å². The van der Waals surface area contributed by atoms with Crippen LogP contribution in [0.1, 0.15) is 37.3 Å². The Bertz CT molecular complexity index is 1500. The average Bonchev–Trinajstić information content (AvgIpc) is 3.29. The number of nitrogens with zero attached hydrogens (tertiary/aromatic N) is 3. The maximum Gasteiger partial charge on any atom is 0.262 e. The van der Waals surface area contributed by atoms with Crippen molar-refractivity contribution in [2.24, 2.45) is 0 Å². The fraction of sp³-hybridized carbons (Fsp3) is 0.207. The van der Waals surface area contributed by atoms with Crippen LogP contribution in [0.15, 0.2) is 78.9 Å². The van der Waals surface area contributed by atoms with E-state index in [1.165, 1.54) is 5.56 Å². The number of hydrogen-bond donors (Lipinski definition) is 1. The molecule has 0 saturated heterocycles. The van der Waals surface area contributed by atoms with Crippen molar-refractivity contribution in [1.82, 2.24) is 15.0 Å². The highest BCUT2D eigenvalue weighted by molar-refractivity contribution is 5.95. The van der Waals surface area contributed by atoms with Crippen LogP contribution in [0, 0.1) is 6.92 Å². The molecule has 0 aliphatic carbocycles. The zero-order valence-electron chi connectivity index (χ0n) is 20.2. The van der Waals surface area contributed by atoms with Crippen molar-refractivity contribution in [3.05, 3.63) is 90.0 Å². The number of rotatable bonds is 7. The molecule has 1 heterocycles. The molecule has 0 bridgehead atoms. The van der Waals surface area contributed by atoms with Crippen LogP contribution in [0.5, 0.6) is 5.75 Å². The summed E-state index contributed by atoms with van der Waals surface area (Å²) in [5.74, 6) is 0.959. The van der Waals surface area contributed by atoms with E-state index in [9.17, 15) is 4.79 Å². The molecule has 1 amide bonds. The molecule has 0 aliphatic rings. The summed E-state index contributed by atoms with van der Waals surface area (Å²) < 4.78 is 5.69. The Labute approximate surface area is 204 Å². The molecule has 176 valence electrons. The number of anilines is 1. The number of hydrogen-bond acceptors (Lipinski definition) is 4. The highest BCUT2D eigenvalue weighted by atomic mass is 16.5. The van der Waals surface area contributed by atoms with Gasteiger partial charge in [-0.15, -0.1) is 15.0 Å². The maximum atomic E-state index is 12.6. The minimum atomic E-state index is -0.222. The quantitative estimate of drug-likeness (QED) is 0.302. The van der Waals surface area contributed by atoms with Gasteiger partial charge in [-0.1, -0.05) is 62.4 Å². The first-order valence-corrected chi connectivity index (χ1v) is 11.9. The summed E-state index contributed by atoms with van der Waals surface area (Å²) in [6, 6.07) is 26.0. The molecular formula is C29H28N4O2. The summed E-state index contributed by atoms with van der Waals surface area (Å²) in [7, 11) is 0. The first-order chi connectivity index (χ1) is 17.0. The molecule has 0 radical (unpaired) electrons. The minimum absolute atomic E-state index is 0.0666. The molecule has 5 aromatic rings. The lowest BCUT2D eigenvalue weighted by atomic mass is 9.99. The number of ether oxygens (including phenoxy) is 1. The Hall–Kier alpha value is -4.19. The standard InChI is InChI=1S/C29H28N4O2/c1-4-19(2)21-12-14-23(15-13-21)35-18-29(34)30-25-17-27-26(16-20(25)3)31-33(32-27)28-11-7-9-22-8-5-6-10-24(22)28/h5-17,19H,4,18H2,1-3H3,(H,30,34)/t19-/m1/s1. The third-order valence-corrected chi connectivity index (χ3v) is 6.41. The third-order valence-electron chi connectivity index (χ3n) is 6.41. The van der Waals surface area contributed by atoms with Gasteiger partial charge in [0.1, 0.15) is 16.8 Å². The minimum Gasteiger partial charge on any atom is -0.484 e. The molecule has 6 nitrogen and oxygen atoms in total. The van der Waals surface area contributed by atoms with Gasteiger partial charge in [-0.2, -0.15) is 0 Å². The largest absolute Gasteiger partial charge is 0.484 e. The van der Waals surface area contributed by atoms with Gasteiger partial charge < -0.3 is 10.1 Å². The third kappa shape index (κ3) is 4.73. The molecule has 4 aromatic carbocycles. The number of nitrogens with one attached hydrogen (secondary N) is 1. The molecular weight excluding hydrogens is 436 g/mol. The Kier molecular flexibility index (Phi) is 6.19. The maximum absolute atomic E-state index is 12.6. The molecule has 1 N–H and O–H groups in total. The van der Waals surface area contributed by atoms with Gasteiger partial charge in [0, 0.05) is 11.1 Å². The Balaban J connectivity index is 1.32. The zero-order valence-corrected chi connectivity index (χ0v) is 20.2. The molecule has 1 atom stereocenters. The van der Waals surface area contributed by atoms with Crippen LogP contribution in [-0.4, -0.2) is 27.5 Å². The first-order valence-electron chi connectivity index (χ1n) is 11.9. The highest BCUT2D eigenvalue weighted by Gasteiger charge is 2.13. The predicted molar refractivity (Wildman–Crippen MR) is 140 cm³/mol. The fourth-order valence-corrected chi connectivity index (χ4v) is 4.16. The molecule has 5 rings (SSSR count). The predicted octanol–water partition coefficient (Wildman–Crippen LogP) is 6.41. The molecule has 0 aliphatic heterocycles. The van der Waals surface area contributed by atoms with Crippen LogP contribution in [0.4, 0.5) is 5.69 Å². The lowest BCUT2D eigenvalue weighted by Crippen LogP contribution is -2.20. The number of carbonyl (C=O) groups is 1. The number of benzene rings is 4. The van der Waals surface area contributed by atoms with Gasteiger partial charge in [0.2, 0.25) is 0 Å². The summed E-state index contributed by atoms with van der Waals surface area (Å²) >= 11 is 0. The molecule has 6 heteroatoms. The SMILES string of the molecule is CC[C@@H](C)c1ccc(OCC(=O)Nc2cc3nn(-c4cccc5ccccc45)nc3cc2C)cc1. The monoisotopic (exact) mass is 464 g/mol. The van der Waals surface area contributed by atoms with Crippen molar-refractivity contribution in [2.75, 3.05) is 11.9 Å². The van der Waals surface area contributed by atoms with E-state index in [1.54, 1.807) is 4.80 Å². The fourth-order valence-electron chi connectivity index (χ4n) is 4.16. The van der Waals surface area contributed by atoms with Crippen molar-refractivity contribution in [1.29, 1.82) is 0 Å². The molecule has 0 unspecified atom stereocenters. The van der Waals surface area contributed by atoms with Crippen molar-refractivity contribution in [3.8, 4) is 11.4 Å². The smallest absolute Gasteiger partial charge is 0.262 e. The zero-order chi connectivity index (χ0) is 24.4. The van der Waals surface area contributed by atoms with Gasteiger partial charge in [0.25, 0.3) is 5.91 Å². The summed E-state index contributed by atoms with van der Waals surface area (Å²) in [6.07, 6.45) is 1.09. The Morgan fingerprint density at radius 2 is 1.69 bits per heavy atom. The number of carbonyl (C=O) groups excluding carboxylic acids is 1. The second kappa shape index (κ2) is 9.58. The molecule has 1 aromatic heterocycles. The van der Waals surface area contributed by atoms with E-state index < -0.39 is 0 Å². The van der Waals surface area contributed by atoms with Crippen LogP contribution in [0.3, 0.4) is 0 Å². The van der Waals surface area contributed by atoms with Gasteiger partial charge in [-0.05, 0) is 66.1 Å². The lowest BCUT2D eigenvalue weighted by Gasteiger charge is -2.11. The van der Waals surface area contributed by atoms with Gasteiger partial charge in [0.15, 0.2) is 6.61 Å². The van der Waals surface area contributed by atoms with Crippen molar-refractivity contribution >= 4 is 33.4 Å². The highest BCUT2D eigenvalue weighted by Crippen LogP contribution is 2.25. The summed E-state index contributed by atoms with van der Waals surface area (Å²) in [5.41, 5.74) is 5.27. The summed E-state index contributed by atoms with van der Waals surface area (Å²) in [5, 5.41) is 14.5. The van der Waals surface area contributed by atoms with Gasteiger partial charge in [-0.3, -0.25) is 4.79 Å². The Morgan fingerprint density at radius 1 is 0.971 bits per heavy atom. The molecule has 0 spiro atoms. The van der Waals surface area contributed by atoms with E-state index in [0.717, 1.165) is 34.0 Å². The van der Waals surface area contributed by atoms with Crippen LogP contribution >= 0.6 is 0 Å². The van der Waals surface area contributed by atoms with E-state index in [0.29, 0.717) is 22.9 Å². The van der Waals surface area contributed by atoms with Gasteiger partial charge in [0.05, 0.1) is 5.69 Å². The average molecular weight is 465 g/mol. The first kappa shape index (κ1) is 22.6. The topological polar surface area (TPSA) is 69.0 Å². The van der Waals surface area contributed by atoms with Gasteiger partial charge in [-0.25, -0.2) is 0 Å². The van der Waals surface area contributed by atoms with Crippen LogP contribution in [0.2, 0.25) is 0 Å². The van der Waals surface area contributed by atoms with E-state index in [4.69, 9.17) is 4.74 Å². The van der Waals surface area contributed by atoms with E-state index in [2.05, 4.69) is 59.7 Å². The summed E-state index contributed by atoms with van der Waals surface area (Å²) in [4.78, 5) is 14.2. The van der Waals surface area contributed by atoms with E-state index in [-0.39, 0.29) is 12.5 Å². The van der Waals surface area contributed by atoms with Crippen LogP contribution in [-0.2, 0) is 4.79 Å². The Morgan fingerprint density at radius 3 is 2.46 bits per heavy atom. The van der Waals surface area contributed by atoms with Crippen molar-refractivity contribution in [3.63, 3.8) is 0 Å². The molecule has 0 saturated carbocycles. The van der Waals surface area contributed by atoms with Gasteiger partial charge >= 0.3 is 0 Å². The van der Waals surface area contributed by atoms with Crippen LogP contribution in [0.25, 0.3) is 27.5 Å². The second-order valence-corrected chi connectivity index (χ2v) is 8.86. The normalized spacial score (nSPS) is 12.1.